The van der Waals surface area contributed by atoms with Gasteiger partial charge in [-0.25, -0.2) is 23.6 Å². The van der Waals surface area contributed by atoms with Crippen molar-refractivity contribution in [3.8, 4) is 16.9 Å². The molecular weight excluding hydrogens is 553 g/mol. The van der Waals surface area contributed by atoms with Gasteiger partial charge >= 0.3 is 0 Å². The SMILES string of the molecule is Cc1cn(-c2cc(NS(=O)c3ccc(C)c(Nc4nccc(-c5ccc(F)cc5)n4)c3)cc(N3CCOCC3)c2)cn1. The minimum Gasteiger partial charge on any atom is -0.378 e. The van der Waals surface area contributed by atoms with E-state index in [2.05, 4.69) is 36.0 Å². The van der Waals surface area contributed by atoms with Crippen LogP contribution in [0.5, 0.6) is 0 Å². The predicted molar refractivity (Wildman–Crippen MR) is 163 cm³/mol. The zero-order chi connectivity index (χ0) is 29.1. The van der Waals surface area contributed by atoms with Gasteiger partial charge in [0.15, 0.2) is 0 Å². The van der Waals surface area contributed by atoms with Gasteiger partial charge in [0.1, 0.15) is 16.8 Å². The standard InChI is InChI=1S/C31H30FN7O2S/c1-21-3-8-28(18-30(21)36-31-33-10-9-29(35-31)23-4-6-24(32)7-5-23)42(40)37-25-15-26(38-11-13-41-14-12-38)17-27(16-25)39-19-22(2)34-20-39/h3-10,15-20,37H,11-14H2,1-2H3,(H,33,35,36). The van der Waals surface area contributed by atoms with Crippen LogP contribution in [0.25, 0.3) is 16.9 Å². The molecule has 11 heteroatoms. The fourth-order valence-electron chi connectivity index (χ4n) is 4.71. The molecule has 2 N–H and O–H groups in total. The van der Waals surface area contributed by atoms with Gasteiger partial charge < -0.3 is 24.2 Å². The molecule has 1 aliphatic heterocycles. The quantitative estimate of drug-likeness (QED) is 0.238. The summed E-state index contributed by atoms with van der Waals surface area (Å²) in [6, 6.07) is 19.6. The lowest BCUT2D eigenvalue weighted by atomic mass is 10.1. The Kier molecular flexibility index (Phi) is 7.93. The molecular formula is C31H30FN7O2S. The van der Waals surface area contributed by atoms with Crippen LogP contribution in [0, 0.1) is 19.7 Å². The molecule has 0 aliphatic carbocycles. The number of benzene rings is 3. The van der Waals surface area contributed by atoms with Gasteiger partial charge in [-0.15, -0.1) is 0 Å². The number of ether oxygens (including phenoxy) is 1. The van der Waals surface area contributed by atoms with E-state index < -0.39 is 11.0 Å². The fourth-order valence-corrected chi connectivity index (χ4v) is 5.57. The number of anilines is 4. The summed E-state index contributed by atoms with van der Waals surface area (Å²) < 4.78 is 37.7. The second-order valence-corrected chi connectivity index (χ2v) is 11.2. The molecule has 214 valence electrons. The summed E-state index contributed by atoms with van der Waals surface area (Å²) in [6.45, 7) is 6.80. The van der Waals surface area contributed by atoms with Crippen LogP contribution < -0.4 is 14.9 Å². The average molecular weight is 584 g/mol. The Labute approximate surface area is 246 Å². The van der Waals surface area contributed by atoms with E-state index in [1.165, 1.54) is 12.1 Å². The van der Waals surface area contributed by atoms with Gasteiger partial charge in [-0.2, -0.15) is 0 Å². The maximum atomic E-state index is 13.6. The van der Waals surface area contributed by atoms with Crippen molar-refractivity contribution < 1.29 is 13.3 Å². The number of rotatable bonds is 8. The summed E-state index contributed by atoms with van der Waals surface area (Å²) in [5.41, 5.74) is 6.70. The van der Waals surface area contributed by atoms with Gasteiger partial charge in [0.2, 0.25) is 5.95 Å². The molecule has 1 saturated heterocycles. The summed E-state index contributed by atoms with van der Waals surface area (Å²) in [7, 11) is -1.55. The maximum Gasteiger partial charge on any atom is 0.227 e. The van der Waals surface area contributed by atoms with Gasteiger partial charge in [0.25, 0.3) is 0 Å². The molecule has 1 aliphatic rings. The van der Waals surface area contributed by atoms with Gasteiger partial charge in [-0.05, 0) is 80.1 Å². The molecule has 9 nitrogen and oxygen atoms in total. The lowest BCUT2D eigenvalue weighted by molar-refractivity contribution is 0.122. The maximum absolute atomic E-state index is 13.6. The molecule has 0 amide bonds. The van der Waals surface area contributed by atoms with Crippen LogP contribution in [0.3, 0.4) is 0 Å². The number of halogens is 1. The Bertz CT molecular complexity index is 1740. The minimum absolute atomic E-state index is 0.305. The first-order valence-electron chi connectivity index (χ1n) is 13.6. The summed E-state index contributed by atoms with van der Waals surface area (Å²) in [5.74, 6) is 0.0790. The molecule has 0 bridgehead atoms. The molecule has 5 aromatic rings. The van der Waals surface area contributed by atoms with Gasteiger partial charge in [0.05, 0.1) is 47.2 Å². The van der Waals surface area contributed by atoms with Crippen molar-refractivity contribution in [3.63, 3.8) is 0 Å². The minimum atomic E-state index is -1.55. The number of nitrogens with one attached hydrogen (secondary N) is 2. The first kappa shape index (κ1) is 27.6. The van der Waals surface area contributed by atoms with Crippen molar-refractivity contribution >= 4 is 34.0 Å². The van der Waals surface area contributed by atoms with Gasteiger partial charge in [-0.1, -0.05) is 6.07 Å². The van der Waals surface area contributed by atoms with Crippen molar-refractivity contribution in [2.24, 2.45) is 0 Å². The van der Waals surface area contributed by atoms with Crippen LogP contribution in [0.15, 0.2) is 90.3 Å². The third-order valence-electron chi connectivity index (χ3n) is 6.96. The van der Waals surface area contributed by atoms with E-state index in [4.69, 9.17) is 4.74 Å². The van der Waals surface area contributed by atoms with Gasteiger partial charge in [-0.3, -0.25) is 0 Å². The number of hydrogen-bond acceptors (Lipinski definition) is 7. The van der Waals surface area contributed by atoms with Crippen molar-refractivity contribution in [3.05, 3.63) is 103 Å². The molecule has 42 heavy (non-hydrogen) atoms. The zero-order valence-electron chi connectivity index (χ0n) is 23.3. The highest BCUT2D eigenvalue weighted by Gasteiger charge is 2.16. The molecule has 0 radical (unpaired) electrons. The molecule has 0 saturated carbocycles. The normalized spacial score (nSPS) is 14.0. The number of nitrogens with zero attached hydrogens (tertiary/aromatic N) is 5. The largest absolute Gasteiger partial charge is 0.378 e. The number of hydrogen-bond donors (Lipinski definition) is 2. The monoisotopic (exact) mass is 583 g/mol. The van der Waals surface area contributed by atoms with E-state index in [9.17, 15) is 8.60 Å². The molecule has 1 atom stereocenters. The van der Waals surface area contributed by atoms with E-state index in [0.29, 0.717) is 29.8 Å². The molecule has 1 unspecified atom stereocenters. The van der Waals surface area contributed by atoms with E-state index in [1.807, 2.05) is 54.9 Å². The molecule has 1 fully saturated rings. The van der Waals surface area contributed by atoms with Crippen LogP contribution in [-0.2, 0) is 15.7 Å². The summed E-state index contributed by atoms with van der Waals surface area (Å²) >= 11 is 0. The van der Waals surface area contributed by atoms with E-state index in [1.54, 1.807) is 30.7 Å². The third-order valence-corrected chi connectivity index (χ3v) is 8.07. The number of imidazole rings is 1. The summed E-state index contributed by atoms with van der Waals surface area (Å²) in [4.78, 5) is 16.2. The molecule has 6 rings (SSSR count). The van der Waals surface area contributed by atoms with Crippen LogP contribution in [0.1, 0.15) is 11.3 Å². The van der Waals surface area contributed by atoms with Crippen LogP contribution in [-0.4, -0.2) is 50.0 Å². The van der Waals surface area contributed by atoms with Crippen LogP contribution in [0.2, 0.25) is 0 Å². The van der Waals surface area contributed by atoms with Gasteiger partial charge in [0, 0.05) is 42.4 Å². The average Bonchev–Trinajstić information content (AvgIpc) is 3.45. The Morgan fingerprint density at radius 3 is 2.48 bits per heavy atom. The predicted octanol–water partition coefficient (Wildman–Crippen LogP) is 5.80. The van der Waals surface area contributed by atoms with E-state index >= 15 is 0 Å². The first-order valence-corrected chi connectivity index (χ1v) is 14.7. The lowest BCUT2D eigenvalue weighted by Crippen LogP contribution is -2.36. The fraction of sp³-hybridized carbons (Fsp3) is 0.194. The van der Waals surface area contributed by atoms with E-state index in [-0.39, 0.29) is 5.82 Å². The van der Waals surface area contributed by atoms with Crippen molar-refractivity contribution in [2.45, 2.75) is 18.7 Å². The highest BCUT2D eigenvalue weighted by molar-refractivity contribution is 7.86. The second-order valence-electron chi connectivity index (χ2n) is 10.0. The first-order chi connectivity index (χ1) is 20.4. The Balaban J connectivity index is 1.25. The number of morpholine rings is 1. The molecule has 2 aromatic heterocycles. The highest BCUT2D eigenvalue weighted by atomic mass is 32.2. The van der Waals surface area contributed by atoms with E-state index in [0.717, 1.165) is 52.7 Å². The van der Waals surface area contributed by atoms with Crippen molar-refractivity contribution in [2.75, 3.05) is 41.2 Å². The lowest BCUT2D eigenvalue weighted by Gasteiger charge is -2.29. The molecule has 3 heterocycles. The Morgan fingerprint density at radius 1 is 0.929 bits per heavy atom. The number of aromatic nitrogens is 4. The summed E-state index contributed by atoms with van der Waals surface area (Å²) in [6.07, 6.45) is 5.39. The molecule has 3 aromatic carbocycles. The third kappa shape index (κ3) is 6.32. The Morgan fingerprint density at radius 2 is 1.71 bits per heavy atom. The topological polar surface area (TPSA) is 97.2 Å². The zero-order valence-corrected chi connectivity index (χ0v) is 24.1. The highest BCUT2D eigenvalue weighted by Crippen LogP contribution is 2.29. The Hall–Kier alpha value is -4.61. The number of aryl methyl sites for hydroxylation is 2. The second kappa shape index (κ2) is 12.1. The van der Waals surface area contributed by atoms with Crippen molar-refractivity contribution in [1.29, 1.82) is 0 Å². The van der Waals surface area contributed by atoms with Crippen LogP contribution >= 0.6 is 0 Å². The van der Waals surface area contributed by atoms with Crippen molar-refractivity contribution in [1.82, 2.24) is 19.5 Å². The molecule has 0 spiro atoms. The van der Waals surface area contributed by atoms with Crippen LogP contribution in [0.4, 0.5) is 27.4 Å². The summed E-state index contributed by atoms with van der Waals surface area (Å²) in [5, 5.41) is 3.25. The smallest absolute Gasteiger partial charge is 0.227 e.